The summed E-state index contributed by atoms with van der Waals surface area (Å²) >= 11 is 1.29. The van der Waals surface area contributed by atoms with E-state index in [4.69, 9.17) is 0 Å². The fourth-order valence-corrected chi connectivity index (χ4v) is 4.75. The number of anilines is 1. The van der Waals surface area contributed by atoms with Crippen molar-refractivity contribution in [2.24, 2.45) is 0 Å². The largest absolute Gasteiger partial charge is 0.340 e. The van der Waals surface area contributed by atoms with E-state index in [1.165, 1.54) is 27.8 Å². The summed E-state index contributed by atoms with van der Waals surface area (Å²) in [7, 11) is -3.72. The zero-order valence-electron chi connectivity index (χ0n) is 14.9. The van der Waals surface area contributed by atoms with E-state index in [9.17, 15) is 22.4 Å². The number of sulfonamides is 1. The number of hydrogen-bond acceptors (Lipinski definition) is 6. The van der Waals surface area contributed by atoms with Crippen LogP contribution in [0.4, 0.5) is 9.52 Å². The van der Waals surface area contributed by atoms with Gasteiger partial charge in [0.1, 0.15) is 5.82 Å². The maximum Gasteiger partial charge on any atom is 0.243 e. The Labute approximate surface area is 166 Å². The van der Waals surface area contributed by atoms with E-state index in [2.05, 4.69) is 10.3 Å². The summed E-state index contributed by atoms with van der Waals surface area (Å²) in [5.41, 5.74) is 0. The Kier molecular flexibility index (Phi) is 6.37. The predicted octanol–water partition coefficient (Wildman–Crippen LogP) is 1.53. The molecule has 0 unspecified atom stereocenters. The molecule has 8 nitrogen and oxygen atoms in total. The van der Waals surface area contributed by atoms with Gasteiger partial charge in [-0.3, -0.25) is 9.59 Å². The Morgan fingerprint density at radius 1 is 1.11 bits per heavy atom. The van der Waals surface area contributed by atoms with Gasteiger partial charge in [-0.05, 0) is 24.3 Å². The molecule has 2 amide bonds. The molecule has 1 saturated heterocycles. The summed E-state index contributed by atoms with van der Waals surface area (Å²) < 4.78 is 39.5. The third-order valence-electron chi connectivity index (χ3n) is 4.29. The molecule has 28 heavy (non-hydrogen) atoms. The van der Waals surface area contributed by atoms with E-state index in [-0.39, 0.29) is 55.7 Å². The number of hydrogen-bond donors (Lipinski definition) is 1. The van der Waals surface area contributed by atoms with Crippen LogP contribution in [0.5, 0.6) is 0 Å². The molecular weight excluding hydrogens is 407 g/mol. The number of halogens is 1. The second kappa shape index (κ2) is 8.76. The summed E-state index contributed by atoms with van der Waals surface area (Å²) in [5, 5.41) is 4.83. The van der Waals surface area contributed by atoms with Gasteiger partial charge in [-0.1, -0.05) is 0 Å². The molecule has 0 aliphatic carbocycles. The highest BCUT2D eigenvalue weighted by atomic mass is 32.2. The summed E-state index contributed by atoms with van der Waals surface area (Å²) in [4.78, 5) is 29.6. The topological polar surface area (TPSA) is 99.7 Å². The van der Waals surface area contributed by atoms with Crippen molar-refractivity contribution >= 4 is 38.3 Å². The number of thiazole rings is 1. The Bertz CT molecular complexity index is 925. The number of piperazine rings is 1. The first-order valence-corrected chi connectivity index (χ1v) is 10.9. The lowest BCUT2D eigenvalue weighted by molar-refractivity contribution is -0.133. The smallest absolute Gasteiger partial charge is 0.243 e. The lowest BCUT2D eigenvalue weighted by Gasteiger charge is -2.34. The van der Waals surface area contributed by atoms with E-state index < -0.39 is 15.8 Å². The van der Waals surface area contributed by atoms with Crippen molar-refractivity contribution in [1.82, 2.24) is 14.2 Å². The highest BCUT2D eigenvalue weighted by Crippen LogP contribution is 2.18. The quantitative estimate of drug-likeness (QED) is 0.755. The normalized spacial score (nSPS) is 15.4. The molecule has 1 aliphatic rings. The van der Waals surface area contributed by atoms with Crippen molar-refractivity contribution in [2.45, 2.75) is 17.7 Å². The fourth-order valence-electron chi connectivity index (χ4n) is 2.78. The van der Waals surface area contributed by atoms with E-state index in [0.717, 1.165) is 12.1 Å². The Hall–Kier alpha value is -2.37. The van der Waals surface area contributed by atoms with Gasteiger partial charge in [0, 0.05) is 50.6 Å². The zero-order valence-corrected chi connectivity index (χ0v) is 16.5. The van der Waals surface area contributed by atoms with Gasteiger partial charge in [-0.15, -0.1) is 11.3 Å². The van der Waals surface area contributed by atoms with Gasteiger partial charge in [-0.2, -0.15) is 4.31 Å². The minimum Gasteiger partial charge on any atom is -0.340 e. The molecule has 0 saturated carbocycles. The predicted molar refractivity (Wildman–Crippen MR) is 102 cm³/mol. The van der Waals surface area contributed by atoms with Crippen LogP contribution in [0.25, 0.3) is 0 Å². The van der Waals surface area contributed by atoms with Crippen molar-refractivity contribution in [3.8, 4) is 0 Å². The molecule has 1 aromatic carbocycles. The first-order chi connectivity index (χ1) is 13.4. The minimum atomic E-state index is -3.72. The lowest BCUT2D eigenvalue weighted by Crippen LogP contribution is -2.50. The Balaban J connectivity index is 1.48. The van der Waals surface area contributed by atoms with Gasteiger partial charge in [0.2, 0.25) is 21.8 Å². The molecule has 0 radical (unpaired) electrons. The van der Waals surface area contributed by atoms with Crippen molar-refractivity contribution in [3.05, 3.63) is 41.7 Å². The maximum absolute atomic E-state index is 13.0. The number of carbonyl (C=O) groups excluding carboxylic acids is 2. The van der Waals surface area contributed by atoms with Crippen LogP contribution in [0.15, 0.2) is 40.7 Å². The molecule has 2 aromatic rings. The molecule has 1 aliphatic heterocycles. The molecular formula is C17H19FN4O4S2. The van der Waals surface area contributed by atoms with Gasteiger partial charge in [0.15, 0.2) is 5.13 Å². The molecule has 1 aromatic heterocycles. The molecule has 11 heteroatoms. The molecule has 150 valence electrons. The molecule has 1 fully saturated rings. The Morgan fingerprint density at radius 2 is 1.79 bits per heavy atom. The Morgan fingerprint density at radius 3 is 2.39 bits per heavy atom. The first kappa shape index (κ1) is 20.4. The second-order valence-electron chi connectivity index (χ2n) is 6.12. The average Bonchev–Trinajstić information content (AvgIpc) is 3.19. The van der Waals surface area contributed by atoms with Crippen LogP contribution in [-0.2, 0) is 19.6 Å². The number of aromatic nitrogens is 1. The third kappa shape index (κ3) is 4.91. The van der Waals surface area contributed by atoms with Crippen LogP contribution in [0.2, 0.25) is 0 Å². The van der Waals surface area contributed by atoms with Crippen molar-refractivity contribution < 1.29 is 22.4 Å². The second-order valence-corrected chi connectivity index (χ2v) is 8.96. The zero-order chi connectivity index (χ0) is 20.1. The highest BCUT2D eigenvalue weighted by Gasteiger charge is 2.30. The standard InChI is InChI=1S/C17H19FN4O4S2/c18-13-1-3-14(4-2-13)28(25,26)22-10-8-21(9-11-22)16(24)6-5-15(23)20-17-19-7-12-27-17/h1-4,7,12H,5-6,8-11H2,(H,19,20,23). The number of rotatable bonds is 6. The van der Waals surface area contributed by atoms with Crippen LogP contribution in [0.3, 0.4) is 0 Å². The van der Waals surface area contributed by atoms with Crippen LogP contribution < -0.4 is 5.32 Å². The molecule has 0 atom stereocenters. The lowest BCUT2D eigenvalue weighted by atomic mass is 10.2. The van der Waals surface area contributed by atoms with Gasteiger partial charge in [0.25, 0.3) is 0 Å². The van der Waals surface area contributed by atoms with Crippen molar-refractivity contribution in [2.75, 3.05) is 31.5 Å². The van der Waals surface area contributed by atoms with Gasteiger partial charge < -0.3 is 10.2 Å². The van der Waals surface area contributed by atoms with E-state index in [1.54, 1.807) is 16.5 Å². The van der Waals surface area contributed by atoms with Crippen LogP contribution in [0.1, 0.15) is 12.8 Å². The number of amides is 2. The summed E-state index contributed by atoms with van der Waals surface area (Å²) in [6.45, 7) is 0.786. The third-order valence-corrected chi connectivity index (χ3v) is 6.89. The van der Waals surface area contributed by atoms with Crippen LogP contribution in [-0.4, -0.2) is 60.6 Å². The van der Waals surface area contributed by atoms with E-state index >= 15 is 0 Å². The molecule has 0 bridgehead atoms. The highest BCUT2D eigenvalue weighted by molar-refractivity contribution is 7.89. The van der Waals surface area contributed by atoms with Crippen LogP contribution >= 0.6 is 11.3 Å². The van der Waals surface area contributed by atoms with Gasteiger partial charge in [-0.25, -0.2) is 17.8 Å². The number of nitrogens with one attached hydrogen (secondary N) is 1. The fraction of sp³-hybridized carbons (Fsp3) is 0.353. The van der Waals surface area contributed by atoms with Gasteiger partial charge in [0.05, 0.1) is 4.90 Å². The SMILES string of the molecule is O=C(CCC(=O)N1CCN(S(=O)(=O)c2ccc(F)cc2)CC1)Nc1nccs1. The van der Waals surface area contributed by atoms with Gasteiger partial charge >= 0.3 is 0 Å². The maximum atomic E-state index is 13.0. The first-order valence-electron chi connectivity index (χ1n) is 8.59. The number of nitrogens with zero attached hydrogens (tertiary/aromatic N) is 3. The van der Waals surface area contributed by atoms with E-state index in [0.29, 0.717) is 5.13 Å². The summed E-state index contributed by atoms with van der Waals surface area (Å²) in [6, 6.07) is 4.65. The van der Waals surface area contributed by atoms with E-state index in [1.807, 2.05) is 0 Å². The number of carbonyl (C=O) groups is 2. The molecule has 0 spiro atoms. The van der Waals surface area contributed by atoms with Crippen molar-refractivity contribution in [1.29, 1.82) is 0 Å². The molecule has 1 N–H and O–H groups in total. The van der Waals surface area contributed by atoms with Crippen LogP contribution in [0, 0.1) is 5.82 Å². The molecule has 2 heterocycles. The minimum absolute atomic E-state index is 0.0209. The summed E-state index contributed by atoms with van der Waals surface area (Å²) in [5.74, 6) is -0.998. The average molecular weight is 426 g/mol. The summed E-state index contributed by atoms with van der Waals surface area (Å²) in [6.07, 6.45) is 1.65. The molecule has 3 rings (SSSR count). The number of benzene rings is 1. The monoisotopic (exact) mass is 426 g/mol. The van der Waals surface area contributed by atoms with Crippen molar-refractivity contribution in [3.63, 3.8) is 0 Å².